The summed E-state index contributed by atoms with van der Waals surface area (Å²) in [5.74, 6) is 0.552. The second kappa shape index (κ2) is 4.99. The number of hydrogen-bond acceptors (Lipinski definition) is 4. The van der Waals surface area contributed by atoms with E-state index in [4.69, 9.17) is 0 Å². The minimum Gasteiger partial charge on any atom is -0.349 e. The normalized spacial score (nSPS) is 23.4. The fraction of sp³-hybridized carbons (Fsp3) is 0.800. The number of nitrogens with zero attached hydrogens (tertiary/aromatic N) is 3. The minimum absolute atomic E-state index is 0.0194. The van der Waals surface area contributed by atoms with Gasteiger partial charge in [0.25, 0.3) is 5.91 Å². The summed E-state index contributed by atoms with van der Waals surface area (Å²) >= 11 is 1.58. The number of aliphatic imine (C=N–C) groups is 1. The molecule has 0 N–H and O–H groups in total. The molecule has 2 aliphatic rings. The Hall–Kier alpha value is -0.550. The zero-order valence-corrected chi connectivity index (χ0v) is 9.92. The van der Waals surface area contributed by atoms with Crippen LogP contribution in [0.1, 0.15) is 13.3 Å². The first kappa shape index (κ1) is 11.0. The van der Waals surface area contributed by atoms with Crippen LogP contribution < -0.4 is 0 Å². The van der Waals surface area contributed by atoms with Crippen LogP contribution in [0.5, 0.6) is 0 Å². The average Bonchev–Trinajstić information content (AvgIpc) is 2.67. The quantitative estimate of drug-likeness (QED) is 0.694. The van der Waals surface area contributed by atoms with Crippen molar-refractivity contribution in [3.8, 4) is 0 Å². The van der Waals surface area contributed by atoms with E-state index in [-0.39, 0.29) is 5.91 Å². The molecule has 0 aromatic rings. The fourth-order valence-corrected chi connectivity index (χ4v) is 2.79. The molecular weight excluding hydrogens is 210 g/mol. The van der Waals surface area contributed by atoms with E-state index in [0.29, 0.717) is 5.75 Å². The van der Waals surface area contributed by atoms with E-state index < -0.39 is 0 Å². The molecule has 2 heterocycles. The third kappa shape index (κ3) is 2.72. The summed E-state index contributed by atoms with van der Waals surface area (Å²) < 4.78 is 0. The Morgan fingerprint density at radius 2 is 2.07 bits per heavy atom. The van der Waals surface area contributed by atoms with E-state index in [1.54, 1.807) is 11.8 Å². The average molecular weight is 227 g/mol. The van der Waals surface area contributed by atoms with Crippen molar-refractivity contribution in [2.75, 3.05) is 38.5 Å². The maximum absolute atomic E-state index is 11.0. The molecule has 1 amide bonds. The first-order valence-electron chi connectivity index (χ1n) is 5.51. The maximum atomic E-state index is 11.0. The monoisotopic (exact) mass is 227 g/mol. The van der Waals surface area contributed by atoms with E-state index in [1.807, 2.05) is 0 Å². The Balaban J connectivity index is 1.83. The molecule has 0 bridgehead atoms. The van der Waals surface area contributed by atoms with Gasteiger partial charge in [-0.15, -0.1) is 0 Å². The van der Waals surface area contributed by atoms with Gasteiger partial charge >= 0.3 is 0 Å². The summed E-state index contributed by atoms with van der Waals surface area (Å²) in [7, 11) is 0. The summed E-state index contributed by atoms with van der Waals surface area (Å²) in [4.78, 5) is 19.8. The van der Waals surface area contributed by atoms with Crippen molar-refractivity contribution < 1.29 is 4.79 Å². The van der Waals surface area contributed by atoms with Gasteiger partial charge in [-0.3, -0.25) is 9.69 Å². The lowest BCUT2D eigenvalue weighted by Gasteiger charge is -2.35. The molecule has 0 saturated carbocycles. The largest absolute Gasteiger partial charge is 0.349 e. The Kier molecular flexibility index (Phi) is 3.64. The standard InChI is InChI=1S/C10H17N3OS/c1-2-3-12-4-6-13(7-5-12)10-11-9(14)8-15-10/h2-8H2,1H3. The topological polar surface area (TPSA) is 35.9 Å². The molecule has 2 rings (SSSR count). The van der Waals surface area contributed by atoms with Gasteiger partial charge in [-0.2, -0.15) is 4.99 Å². The van der Waals surface area contributed by atoms with Crippen molar-refractivity contribution in [2.24, 2.45) is 4.99 Å². The summed E-state index contributed by atoms with van der Waals surface area (Å²) in [6.07, 6.45) is 1.22. The van der Waals surface area contributed by atoms with Gasteiger partial charge in [0.05, 0.1) is 5.75 Å². The van der Waals surface area contributed by atoms with E-state index in [2.05, 4.69) is 21.7 Å². The summed E-state index contributed by atoms with van der Waals surface area (Å²) in [6, 6.07) is 0. The molecule has 5 heteroatoms. The van der Waals surface area contributed by atoms with Gasteiger partial charge < -0.3 is 4.90 Å². The number of carbonyl (C=O) groups is 1. The van der Waals surface area contributed by atoms with Crippen LogP contribution in [0.25, 0.3) is 0 Å². The molecule has 84 valence electrons. The zero-order valence-electron chi connectivity index (χ0n) is 9.11. The zero-order chi connectivity index (χ0) is 10.7. The molecule has 0 aromatic carbocycles. The maximum Gasteiger partial charge on any atom is 0.258 e. The third-order valence-corrected chi connectivity index (χ3v) is 3.73. The molecular formula is C10H17N3OS. The summed E-state index contributed by atoms with van der Waals surface area (Å²) in [5.41, 5.74) is 0. The lowest BCUT2D eigenvalue weighted by molar-refractivity contribution is -0.115. The van der Waals surface area contributed by atoms with Crippen LogP contribution in [0.15, 0.2) is 4.99 Å². The minimum atomic E-state index is 0.0194. The number of hydrogen-bond donors (Lipinski definition) is 0. The first-order valence-corrected chi connectivity index (χ1v) is 6.50. The molecule has 1 saturated heterocycles. The van der Waals surface area contributed by atoms with Crippen molar-refractivity contribution in [2.45, 2.75) is 13.3 Å². The highest BCUT2D eigenvalue weighted by molar-refractivity contribution is 8.14. The van der Waals surface area contributed by atoms with Crippen molar-refractivity contribution in [3.63, 3.8) is 0 Å². The number of rotatable bonds is 2. The first-order chi connectivity index (χ1) is 7.29. The molecule has 4 nitrogen and oxygen atoms in total. The van der Waals surface area contributed by atoms with Crippen molar-refractivity contribution >= 4 is 22.8 Å². The Labute approximate surface area is 94.7 Å². The number of thioether (sulfide) groups is 1. The van der Waals surface area contributed by atoms with Gasteiger partial charge in [0.15, 0.2) is 5.17 Å². The van der Waals surface area contributed by atoms with Crippen LogP contribution in [0.2, 0.25) is 0 Å². The van der Waals surface area contributed by atoms with Gasteiger partial charge in [-0.1, -0.05) is 18.7 Å². The van der Waals surface area contributed by atoms with Gasteiger partial charge in [0.1, 0.15) is 0 Å². The molecule has 0 aromatic heterocycles. The molecule has 15 heavy (non-hydrogen) atoms. The molecule has 2 aliphatic heterocycles. The Bertz CT molecular complexity index is 272. The molecule has 1 fully saturated rings. The van der Waals surface area contributed by atoms with Gasteiger partial charge in [-0.05, 0) is 13.0 Å². The summed E-state index contributed by atoms with van der Waals surface area (Å²) in [6.45, 7) is 7.62. The van der Waals surface area contributed by atoms with E-state index in [9.17, 15) is 4.79 Å². The fourth-order valence-electron chi connectivity index (χ4n) is 1.94. The predicted octanol–water partition coefficient (Wildman–Crippen LogP) is 0.643. The van der Waals surface area contributed by atoms with Gasteiger partial charge in [0.2, 0.25) is 0 Å². The van der Waals surface area contributed by atoms with Gasteiger partial charge in [-0.25, -0.2) is 0 Å². The van der Waals surface area contributed by atoms with Crippen molar-refractivity contribution in [1.29, 1.82) is 0 Å². The van der Waals surface area contributed by atoms with Crippen LogP contribution in [0.4, 0.5) is 0 Å². The molecule has 0 spiro atoms. The third-order valence-electron chi connectivity index (χ3n) is 2.73. The van der Waals surface area contributed by atoms with Crippen molar-refractivity contribution in [3.05, 3.63) is 0 Å². The Morgan fingerprint density at radius 3 is 2.60 bits per heavy atom. The highest BCUT2D eigenvalue weighted by Crippen LogP contribution is 2.18. The van der Waals surface area contributed by atoms with Crippen molar-refractivity contribution in [1.82, 2.24) is 9.80 Å². The second-order valence-electron chi connectivity index (χ2n) is 3.91. The van der Waals surface area contributed by atoms with Crippen LogP contribution in [-0.2, 0) is 4.79 Å². The number of piperazine rings is 1. The summed E-state index contributed by atoms with van der Waals surface area (Å²) in [5, 5.41) is 0.941. The highest BCUT2D eigenvalue weighted by Gasteiger charge is 2.24. The van der Waals surface area contributed by atoms with E-state index in [1.165, 1.54) is 13.0 Å². The predicted molar refractivity (Wildman–Crippen MR) is 63.2 cm³/mol. The molecule has 0 unspecified atom stereocenters. The van der Waals surface area contributed by atoms with Crippen LogP contribution in [0, 0.1) is 0 Å². The number of amides is 1. The molecule has 0 atom stereocenters. The smallest absolute Gasteiger partial charge is 0.258 e. The molecule has 0 aliphatic carbocycles. The number of amidine groups is 1. The second-order valence-corrected chi connectivity index (χ2v) is 4.85. The number of carbonyl (C=O) groups excluding carboxylic acids is 1. The Morgan fingerprint density at radius 1 is 1.33 bits per heavy atom. The molecule has 0 radical (unpaired) electrons. The van der Waals surface area contributed by atoms with Crippen LogP contribution in [-0.4, -0.2) is 59.4 Å². The van der Waals surface area contributed by atoms with E-state index >= 15 is 0 Å². The van der Waals surface area contributed by atoms with Gasteiger partial charge in [0, 0.05) is 26.2 Å². The van der Waals surface area contributed by atoms with E-state index in [0.717, 1.165) is 31.3 Å². The SMILES string of the molecule is CCCN1CCN(C2=NC(=O)CS2)CC1. The highest BCUT2D eigenvalue weighted by atomic mass is 32.2. The van der Waals surface area contributed by atoms with Crippen LogP contribution >= 0.6 is 11.8 Å². The lowest BCUT2D eigenvalue weighted by Crippen LogP contribution is -2.47. The van der Waals surface area contributed by atoms with Crippen LogP contribution in [0.3, 0.4) is 0 Å². The lowest BCUT2D eigenvalue weighted by atomic mass is 10.3.